The molecule has 0 saturated carbocycles. The summed E-state index contributed by atoms with van der Waals surface area (Å²) < 4.78 is 18.0. The van der Waals surface area contributed by atoms with Crippen molar-refractivity contribution in [1.29, 1.82) is 0 Å². The highest BCUT2D eigenvalue weighted by Gasteiger charge is 2.19. The predicted octanol–water partition coefficient (Wildman–Crippen LogP) is 3.93. The van der Waals surface area contributed by atoms with Crippen molar-refractivity contribution >= 4 is 5.91 Å². The van der Waals surface area contributed by atoms with Crippen LogP contribution < -0.4 is 19.5 Å². The number of para-hydroxylation sites is 1. The summed E-state index contributed by atoms with van der Waals surface area (Å²) in [5.74, 6) is 1.44. The van der Waals surface area contributed by atoms with Gasteiger partial charge in [-0.25, -0.2) is 4.68 Å². The number of amides is 1. The second kappa shape index (κ2) is 9.55. The molecule has 7 nitrogen and oxygen atoms in total. The summed E-state index contributed by atoms with van der Waals surface area (Å²) in [4.78, 5) is 12.7. The predicted molar refractivity (Wildman–Crippen MR) is 119 cm³/mol. The zero-order valence-electron chi connectivity index (χ0n) is 18.9. The average molecular weight is 424 g/mol. The van der Waals surface area contributed by atoms with Crippen molar-refractivity contribution < 1.29 is 19.0 Å². The van der Waals surface area contributed by atoms with Gasteiger partial charge >= 0.3 is 0 Å². The Bertz CT molecular complexity index is 1050. The van der Waals surface area contributed by atoms with Crippen LogP contribution >= 0.6 is 0 Å². The molecule has 0 aliphatic rings. The molecule has 0 aliphatic heterocycles. The third-order valence-electron chi connectivity index (χ3n) is 5.32. The number of nitrogens with one attached hydrogen (secondary N) is 1. The van der Waals surface area contributed by atoms with Crippen LogP contribution in [0.4, 0.5) is 0 Å². The molecule has 0 bridgehead atoms. The zero-order valence-corrected chi connectivity index (χ0v) is 18.9. The van der Waals surface area contributed by atoms with Crippen molar-refractivity contribution in [1.82, 2.24) is 15.1 Å². The maximum atomic E-state index is 12.7. The first-order chi connectivity index (χ1) is 14.9. The van der Waals surface area contributed by atoms with Gasteiger partial charge in [0.05, 0.1) is 45.7 Å². The van der Waals surface area contributed by atoms with Crippen LogP contribution in [-0.4, -0.2) is 37.0 Å². The minimum Gasteiger partial charge on any atom is -0.493 e. The van der Waals surface area contributed by atoms with Gasteiger partial charge in [0.25, 0.3) is 0 Å². The molecule has 31 heavy (non-hydrogen) atoms. The largest absolute Gasteiger partial charge is 0.493 e. The van der Waals surface area contributed by atoms with Gasteiger partial charge in [0.15, 0.2) is 11.5 Å². The number of rotatable bonds is 8. The monoisotopic (exact) mass is 423 g/mol. The maximum absolute atomic E-state index is 12.7. The van der Waals surface area contributed by atoms with E-state index in [4.69, 9.17) is 14.2 Å². The summed E-state index contributed by atoms with van der Waals surface area (Å²) >= 11 is 0. The Labute approximate surface area is 182 Å². The van der Waals surface area contributed by atoms with E-state index in [1.807, 2.05) is 42.9 Å². The number of ether oxygens (including phenoxy) is 3. The SMILES string of the molecule is COc1cc(CC(=O)N[C@@H](C)c2cnn(-c3ccccc3C)c2C)cc(OC)c1OC. The molecule has 1 aromatic heterocycles. The van der Waals surface area contributed by atoms with E-state index in [0.29, 0.717) is 17.2 Å². The molecule has 0 aliphatic carbocycles. The molecule has 164 valence electrons. The molecule has 0 fully saturated rings. The van der Waals surface area contributed by atoms with Gasteiger partial charge in [0.2, 0.25) is 11.7 Å². The number of benzene rings is 2. The van der Waals surface area contributed by atoms with Crippen LogP contribution in [0.3, 0.4) is 0 Å². The molecule has 0 spiro atoms. The highest BCUT2D eigenvalue weighted by atomic mass is 16.5. The number of carbonyl (C=O) groups excluding carboxylic acids is 1. The molecule has 7 heteroatoms. The zero-order chi connectivity index (χ0) is 22.5. The van der Waals surface area contributed by atoms with Crippen LogP contribution in [0.5, 0.6) is 17.2 Å². The summed E-state index contributed by atoms with van der Waals surface area (Å²) in [5.41, 5.74) is 4.91. The molecule has 3 aromatic rings. The molecule has 1 amide bonds. The van der Waals surface area contributed by atoms with Crippen molar-refractivity contribution in [2.45, 2.75) is 33.2 Å². The normalized spacial score (nSPS) is 11.7. The maximum Gasteiger partial charge on any atom is 0.224 e. The van der Waals surface area contributed by atoms with Crippen molar-refractivity contribution in [3.63, 3.8) is 0 Å². The topological polar surface area (TPSA) is 74.6 Å². The smallest absolute Gasteiger partial charge is 0.224 e. The molecule has 0 saturated heterocycles. The van der Waals surface area contributed by atoms with Crippen molar-refractivity contribution in [2.24, 2.45) is 0 Å². The van der Waals surface area contributed by atoms with Gasteiger partial charge in [-0.15, -0.1) is 0 Å². The first kappa shape index (κ1) is 22.2. The molecule has 3 rings (SSSR count). The lowest BCUT2D eigenvalue weighted by molar-refractivity contribution is -0.121. The van der Waals surface area contributed by atoms with Crippen LogP contribution in [0.15, 0.2) is 42.6 Å². The Morgan fingerprint density at radius 1 is 1.06 bits per heavy atom. The Kier molecular flexibility index (Phi) is 6.84. The van der Waals surface area contributed by atoms with E-state index in [-0.39, 0.29) is 18.4 Å². The summed E-state index contributed by atoms with van der Waals surface area (Å²) in [7, 11) is 4.66. The fourth-order valence-corrected chi connectivity index (χ4v) is 3.68. The van der Waals surface area contributed by atoms with Crippen molar-refractivity contribution in [3.8, 4) is 22.9 Å². The van der Waals surface area contributed by atoms with Crippen molar-refractivity contribution in [2.75, 3.05) is 21.3 Å². The van der Waals surface area contributed by atoms with Gasteiger partial charge in [-0.1, -0.05) is 18.2 Å². The molecule has 2 aromatic carbocycles. The molecule has 1 N–H and O–H groups in total. The molecular formula is C24H29N3O4. The van der Waals surface area contributed by atoms with E-state index in [0.717, 1.165) is 28.1 Å². The number of aryl methyl sites for hydroxylation is 1. The van der Waals surface area contributed by atoms with Gasteiger partial charge < -0.3 is 19.5 Å². The van der Waals surface area contributed by atoms with Crippen LogP contribution in [0.1, 0.15) is 35.3 Å². The van der Waals surface area contributed by atoms with Gasteiger partial charge in [0, 0.05) is 11.3 Å². The van der Waals surface area contributed by atoms with Crippen LogP contribution in [0, 0.1) is 13.8 Å². The first-order valence-corrected chi connectivity index (χ1v) is 10.1. The molecule has 1 atom stereocenters. The molecule has 1 heterocycles. The minimum absolute atomic E-state index is 0.107. The highest BCUT2D eigenvalue weighted by molar-refractivity contribution is 5.79. The summed E-state index contributed by atoms with van der Waals surface area (Å²) in [5, 5.41) is 7.61. The molecule has 0 radical (unpaired) electrons. The number of carbonyl (C=O) groups is 1. The number of hydrogen-bond donors (Lipinski definition) is 1. The van der Waals surface area contributed by atoms with E-state index in [1.54, 1.807) is 33.5 Å². The lowest BCUT2D eigenvalue weighted by Crippen LogP contribution is -2.28. The number of methoxy groups -OCH3 is 3. The second-order valence-electron chi connectivity index (χ2n) is 7.38. The number of nitrogens with zero attached hydrogens (tertiary/aromatic N) is 2. The summed E-state index contributed by atoms with van der Waals surface area (Å²) in [6.07, 6.45) is 2.00. The van der Waals surface area contributed by atoms with E-state index in [2.05, 4.69) is 23.4 Å². The molecule has 0 unspecified atom stereocenters. The lowest BCUT2D eigenvalue weighted by atomic mass is 10.1. The van der Waals surface area contributed by atoms with E-state index in [1.165, 1.54) is 0 Å². The van der Waals surface area contributed by atoms with Gasteiger partial charge in [0.1, 0.15) is 0 Å². The van der Waals surface area contributed by atoms with Gasteiger partial charge in [-0.05, 0) is 50.1 Å². The second-order valence-corrected chi connectivity index (χ2v) is 7.38. The van der Waals surface area contributed by atoms with E-state index in [9.17, 15) is 4.79 Å². The first-order valence-electron chi connectivity index (χ1n) is 10.1. The summed E-state index contributed by atoms with van der Waals surface area (Å²) in [6.45, 7) is 6.02. The number of aromatic nitrogens is 2. The third-order valence-corrected chi connectivity index (χ3v) is 5.32. The van der Waals surface area contributed by atoms with Gasteiger partial charge in [-0.2, -0.15) is 5.10 Å². The number of hydrogen-bond acceptors (Lipinski definition) is 5. The van der Waals surface area contributed by atoms with Crippen LogP contribution in [-0.2, 0) is 11.2 Å². The standard InChI is InChI=1S/C24H29N3O4/c1-15-9-7-8-10-20(15)27-17(3)19(14-25-27)16(2)26-23(28)13-18-11-21(29-4)24(31-6)22(12-18)30-5/h7-12,14,16H,13H2,1-6H3,(H,26,28)/t16-/m0/s1. The minimum atomic E-state index is -0.188. The summed E-state index contributed by atoms with van der Waals surface area (Å²) in [6, 6.07) is 11.5. The average Bonchev–Trinajstić information content (AvgIpc) is 3.14. The van der Waals surface area contributed by atoms with Crippen LogP contribution in [0.2, 0.25) is 0 Å². The Morgan fingerprint density at radius 2 is 1.71 bits per heavy atom. The van der Waals surface area contributed by atoms with Crippen molar-refractivity contribution in [3.05, 3.63) is 65.0 Å². The Morgan fingerprint density at radius 3 is 2.29 bits per heavy atom. The van der Waals surface area contributed by atoms with Gasteiger partial charge in [-0.3, -0.25) is 4.79 Å². The quantitative estimate of drug-likeness (QED) is 0.594. The third kappa shape index (κ3) is 4.66. The van der Waals surface area contributed by atoms with Crippen LogP contribution in [0.25, 0.3) is 5.69 Å². The van der Waals surface area contributed by atoms with E-state index < -0.39 is 0 Å². The Hall–Kier alpha value is -3.48. The fourth-order valence-electron chi connectivity index (χ4n) is 3.68. The molecular weight excluding hydrogens is 394 g/mol. The Balaban J connectivity index is 1.76. The fraction of sp³-hybridized carbons (Fsp3) is 0.333. The highest BCUT2D eigenvalue weighted by Crippen LogP contribution is 2.38. The lowest BCUT2D eigenvalue weighted by Gasteiger charge is -2.16. The van der Waals surface area contributed by atoms with E-state index >= 15 is 0 Å².